The molecule has 76 valence electrons. The van der Waals surface area contributed by atoms with Gasteiger partial charge in [0.2, 0.25) is 0 Å². The van der Waals surface area contributed by atoms with Crippen molar-refractivity contribution in [3.05, 3.63) is 0 Å². The van der Waals surface area contributed by atoms with Crippen LogP contribution in [0.5, 0.6) is 0 Å². The van der Waals surface area contributed by atoms with Gasteiger partial charge in [0.15, 0.2) is 0 Å². The molecule has 5 heteroatoms. The zero-order valence-corrected chi connectivity index (χ0v) is 10.0. The molecule has 0 aliphatic carbocycles. The Bertz CT molecular complexity index is 197. The van der Waals surface area contributed by atoms with Gasteiger partial charge in [-0.25, -0.2) is 0 Å². The Morgan fingerprint density at radius 1 is 1.17 bits per heavy atom. The van der Waals surface area contributed by atoms with E-state index in [4.69, 9.17) is 0 Å². The summed E-state index contributed by atoms with van der Waals surface area (Å²) >= 11 is 0. The Balaban J connectivity index is 4.03. The van der Waals surface area contributed by atoms with E-state index in [2.05, 4.69) is 18.0 Å². The normalized spacial score (nSPS) is 13.1. The predicted octanol–water partition coefficient (Wildman–Crippen LogP) is 1.30. The summed E-state index contributed by atoms with van der Waals surface area (Å²) in [5.41, 5.74) is 0.299. The van der Waals surface area contributed by atoms with Gasteiger partial charge in [0.25, 0.3) is 0 Å². The van der Waals surface area contributed by atoms with Gasteiger partial charge in [-0.05, 0) is 0 Å². The van der Waals surface area contributed by atoms with E-state index in [9.17, 15) is 8.42 Å². The molecule has 0 aromatic heterocycles. The van der Waals surface area contributed by atoms with E-state index >= 15 is 0 Å². The fourth-order valence-corrected chi connectivity index (χ4v) is 6.56. The van der Waals surface area contributed by atoms with Crippen LogP contribution < -0.4 is 0 Å². The SMILES string of the molecule is CCOS(=O)(=O)C[PH2](CC)CC. The number of hydrogen-bond acceptors (Lipinski definition) is 3. The molecule has 0 radical (unpaired) electrons. The summed E-state index contributed by atoms with van der Waals surface area (Å²) in [6.45, 7) is 6.08. The third-order valence-electron chi connectivity index (χ3n) is 1.89. The Kier molecular flexibility index (Phi) is 6.06. The molecular formula is C7H19O3PS. The van der Waals surface area contributed by atoms with Crippen LogP contribution in [0.25, 0.3) is 0 Å². The van der Waals surface area contributed by atoms with Crippen molar-refractivity contribution < 1.29 is 12.6 Å². The third-order valence-corrected chi connectivity index (χ3v) is 8.31. The number of rotatable bonds is 6. The second-order valence-corrected chi connectivity index (χ2v) is 8.86. The predicted molar refractivity (Wildman–Crippen MR) is 56.2 cm³/mol. The van der Waals surface area contributed by atoms with Crippen molar-refractivity contribution in [3.8, 4) is 0 Å². The van der Waals surface area contributed by atoms with Gasteiger partial charge in [0.05, 0.1) is 0 Å². The third kappa shape index (κ3) is 5.07. The fourth-order valence-electron chi connectivity index (χ4n) is 1.04. The van der Waals surface area contributed by atoms with Crippen molar-refractivity contribution in [2.45, 2.75) is 20.8 Å². The average molecular weight is 214 g/mol. The Labute approximate surface area is 76.4 Å². The van der Waals surface area contributed by atoms with Crippen molar-refractivity contribution in [3.63, 3.8) is 0 Å². The zero-order valence-electron chi connectivity index (χ0n) is 8.04. The Morgan fingerprint density at radius 3 is 2.00 bits per heavy atom. The molecule has 0 fully saturated rings. The first kappa shape index (κ1) is 12.3. The molecule has 0 aliphatic rings. The van der Waals surface area contributed by atoms with Gasteiger partial charge < -0.3 is 0 Å². The van der Waals surface area contributed by atoms with E-state index in [0.29, 0.717) is 5.49 Å². The molecule has 0 N–H and O–H groups in total. The van der Waals surface area contributed by atoms with Gasteiger partial charge in [-0.1, -0.05) is 0 Å². The van der Waals surface area contributed by atoms with Crippen LogP contribution >= 0.6 is 7.92 Å². The van der Waals surface area contributed by atoms with E-state index in [1.54, 1.807) is 6.92 Å². The van der Waals surface area contributed by atoms with Gasteiger partial charge in [-0.15, -0.1) is 0 Å². The van der Waals surface area contributed by atoms with E-state index in [-0.39, 0.29) is 6.61 Å². The summed E-state index contributed by atoms with van der Waals surface area (Å²) in [6, 6.07) is 0. The van der Waals surface area contributed by atoms with Crippen molar-refractivity contribution in [1.29, 1.82) is 0 Å². The summed E-state index contributed by atoms with van der Waals surface area (Å²) in [5.74, 6) is 0. The molecule has 12 heavy (non-hydrogen) atoms. The summed E-state index contributed by atoms with van der Waals surface area (Å²) in [4.78, 5) is 0. The van der Waals surface area contributed by atoms with Crippen molar-refractivity contribution in [2.24, 2.45) is 0 Å². The second-order valence-electron chi connectivity index (χ2n) is 2.81. The van der Waals surface area contributed by atoms with E-state index < -0.39 is 18.0 Å². The van der Waals surface area contributed by atoms with Gasteiger partial charge in [0, 0.05) is 0 Å². The first-order valence-corrected chi connectivity index (χ1v) is 8.45. The first-order valence-electron chi connectivity index (χ1n) is 4.42. The Morgan fingerprint density at radius 2 is 1.67 bits per heavy atom. The molecular weight excluding hydrogens is 195 g/mol. The molecule has 0 unspecified atom stereocenters. The van der Waals surface area contributed by atoms with Gasteiger partial charge >= 0.3 is 75.8 Å². The van der Waals surface area contributed by atoms with Crippen LogP contribution in [0.15, 0.2) is 0 Å². The van der Waals surface area contributed by atoms with E-state index in [1.807, 2.05) is 0 Å². The van der Waals surface area contributed by atoms with Crippen LogP contribution in [-0.4, -0.2) is 32.8 Å². The molecule has 0 saturated carbocycles. The van der Waals surface area contributed by atoms with Crippen LogP contribution in [0.2, 0.25) is 0 Å². The van der Waals surface area contributed by atoms with Crippen LogP contribution in [0.3, 0.4) is 0 Å². The minimum atomic E-state index is -3.19. The van der Waals surface area contributed by atoms with Crippen molar-refractivity contribution in [2.75, 3.05) is 24.4 Å². The van der Waals surface area contributed by atoms with E-state index in [0.717, 1.165) is 12.3 Å². The maximum atomic E-state index is 11.2. The van der Waals surface area contributed by atoms with Gasteiger partial charge in [0.1, 0.15) is 0 Å². The van der Waals surface area contributed by atoms with Crippen LogP contribution in [0.4, 0.5) is 0 Å². The van der Waals surface area contributed by atoms with Crippen LogP contribution in [-0.2, 0) is 14.3 Å². The van der Waals surface area contributed by atoms with Gasteiger partial charge in [-0.3, -0.25) is 0 Å². The molecule has 0 saturated heterocycles. The molecule has 3 nitrogen and oxygen atoms in total. The van der Waals surface area contributed by atoms with Gasteiger partial charge in [-0.2, -0.15) is 0 Å². The van der Waals surface area contributed by atoms with Crippen LogP contribution in [0, 0.1) is 0 Å². The summed E-state index contributed by atoms with van der Waals surface area (Å²) in [5, 5.41) is 0. The average Bonchev–Trinajstić information content (AvgIpc) is 2.00. The molecule has 0 spiro atoms. The van der Waals surface area contributed by atoms with Crippen molar-refractivity contribution >= 4 is 18.0 Å². The molecule has 0 aliphatic heterocycles. The van der Waals surface area contributed by atoms with E-state index in [1.165, 1.54) is 0 Å². The molecule has 0 heterocycles. The monoisotopic (exact) mass is 214 g/mol. The summed E-state index contributed by atoms with van der Waals surface area (Å²) in [7, 11) is -4.26. The standard InChI is InChI=1S/C7H19O3PS/c1-4-10-12(8,9)7-11(5-2)6-3/h4-7,11H2,1-3H3. The maximum absolute atomic E-state index is 11.2. The topological polar surface area (TPSA) is 43.4 Å². The quantitative estimate of drug-likeness (QED) is 0.494. The first-order chi connectivity index (χ1) is 5.55. The fraction of sp³-hybridized carbons (Fsp3) is 1.00. The second kappa shape index (κ2) is 5.90. The minimum absolute atomic E-state index is 0.261. The van der Waals surface area contributed by atoms with Crippen LogP contribution in [0.1, 0.15) is 20.8 Å². The molecule has 0 bridgehead atoms. The molecule has 0 aromatic rings. The summed E-state index contributed by atoms with van der Waals surface area (Å²) in [6.07, 6.45) is 2.06. The molecule has 0 atom stereocenters. The Hall–Kier alpha value is 0.340. The zero-order chi connectivity index (χ0) is 9.61. The molecule has 0 amide bonds. The summed E-state index contributed by atoms with van der Waals surface area (Å²) < 4.78 is 27.0. The number of hydrogen-bond donors (Lipinski definition) is 0. The molecule has 0 aromatic carbocycles. The van der Waals surface area contributed by atoms with Crippen molar-refractivity contribution in [1.82, 2.24) is 0 Å². The molecule has 0 rings (SSSR count).